The van der Waals surface area contributed by atoms with Crippen LogP contribution < -0.4 is 0 Å². The van der Waals surface area contributed by atoms with Gasteiger partial charge in [0.2, 0.25) is 0 Å². The van der Waals surface area contributed by atoms with Gasteiger partial charge in [-0.15, -0.1) is 0 Å². The first kappa shape index (κ1) is 24.0. The number of hydrogen-bond donors (Lipinski definition) is 0. The Morgan fingerprint density at radius 3 is 2.03 bits per heavy atom. The molecule has 0 aromatic carbocycles. The lowest BCUT2D eigenvalue weighted by molar-refractivity contribution is 0.0182. The molecule has 0 unspecified atom stereocenters. The molecule has 3 heteroatoms. The summed E-state index contributed by atoms with van der Waals surface area (Å²) in [6.07, 6.45) is 29.3. The maximum absolute atomic E-state index is 9.24. The summed E-state index contributed by atoms with van der Waals surface area (Å²) in [7, 11) is 0. The molecule has 0 heterocycles. The molecule has 0 atom stereocenters. The molecule has 4 aliphatic rings. The highest BCUT2D eigenvalue weighted by molar-refractivity contribution is 5.52. The van der Waals surface area contributed by atoms with Crippen LogP contribution in [-0.4, -0.2) is 23.0 Å². The Kier molecular flexibility index (Phi) is 8.63. The minimum atomic E-state index is 0.200. The Balaban J connectivity index is 1.38. The van der Waals surface area contributed by atoms with Crippen molar-refractivity contribution in [2.75, 3.05) is 0 Å². The van der Waals surface area contributed by atoms with Gasteiger partial charge in [0.1, 0.15) is 0 Å². The van der Waals surface area contributed by atoms with Crippen LogP contribution in [0.5, 0.6) is 0 Å². The molecule has 3 saturated carbocycles. The van der Waals surface area contributed by atoms with Crippen molar-refractivity contribution in [3.05, 3.63) is 58.1 Å². The molecule has 0 spiro atoms. The van der Waals surface area contributed by atoms with Crippen LogP contribution in [0.1, 0.15) is 103 Å². The van der Waals surface area contributed by atoms with Crippen molar-refractivity contribution < 1.29 is 0 Å². The van der Waals surface area contributed by atoms with Gasteiger partial charge in [-0.1, -0.05) is 68.4 Å². The van der Waals surface area contributed by atoms with Crippen LogP contribution in [-0.2, 0) is 0 Å². The minimum Gasteiger partial charge on any atom is -0.294 e. The van der Waals surface area contributed by atoms with E-state index < -0.39 is 0 Å². The molecule has 0 radical (unpaired) electrons. The van der Waals surface area contributed by atoms with Crippen molar-refractivity contribution in [1.29, 1.82) is 5.26 Å². The fourth-order valence-corrected chi connectivity index (χ4v) is 6.83. The van der Waals surface area contributed by atoms with Gasteiger partial charge in [-0.3, -0.25) is 4.90 Å². The minimum absolute atomic E-state index is 0.200. The fraction of sp³-hybridized carbons (Fsp3) is 0.667. The lowest BCUT2D eigenvalue weighted by Crippen LogP contribution is -2.51. The Morgan fingerprint density at radius 2 is 1.48 bits per heavy atom. The van der Waals surface area contributed by atoms with E-state index in [9.17, 15) is 5.26 Å². The van der Waals surface area contributed by atoms with Crippen LogP contribution in [0.4, 0.5) is 0 Å². The summed E-state index contributed by atoms with van der Waals surface area (Å²) in [5.74, 6) is 0.664. The molecule has 0 saturated heterocycles. The van der Waals surface area contributed by atoms with Crippen LogP contribution >= 0.6 is 0 Å². The van der Waals surface area contributed by atoms with E-state index in [1.54, 1.807) is 0 Å². The molecule has 3 fully saturated rings. The third-order valence-corrected chi connectivity index (χ3v) is 8.46. The molecular formula is C30H41N3. The number of allylic oxidation sites excluding steroid dienone is 8. The second kappa shape index (κ2) is 11.9. The van der Waals surface area contributed by atoms with Crippen LogP contribution in [0.15, 0.2) is 46.7 Å². The maximum atomic E-state index is 9.24. The quantitative estimate of drug-likeness (QED) is 0.318. The molecular weight excluding hydrogens is 402 g/mol. The Bertz CT molecular complexity index is 836. The van der Waals surface area contributed by atoms with Gasteiger partial charge in [-0.2, -0.15) is 0 Å². The van der Waals surface area contributed by atoms with Gasteiger partial charge in [0.15, 0.2) is 0 Å². The highest BCUT2D eigenvalue weighted by Gasteiger charge is 2.35. The molecule has 0 aromatic heterocycles. The monoisotopic (exact) mass is 443 g/mol. The number of hydrogen-bond acceptors (Lipinski definition) is 2. The van der Waals surface area contributed by atoms with Crippen molar-refractivity contribution in [3.8, 4) is 6.07 Å². The molecule has 4 rings (SSSR count). The smallest absolute Gasteiger partial charge is 0.268 e. The van der Waals surface area contributed by atoms with Crippen LogP contribution in [0.25, 0.3) is 4.85 Å². The average Bonchev–Trinajstić information content (AvgIpc) is 2.86. The van der Waals surface area contributed by atoms with E-state index in [0.717, 1.165) is 30.1 Å². The molecule has 176 valence electrons. The molecule has 3 nitrogen and oxygen atoms in total. The predicted molar refractivity (Wildman–Crippen MR) is 136 cm³/mol. The molecule has 0 amide bonds. The third kappa shape index (κ3) is 6.28. The molecule has 0 aromatic rings. The van der Waals surface area contributed by atoms with Gasteiger partial charge in [0.25, 0.3) is 5.70 Å². The average molecular weight is 444 g/mol. The zero-order valence-corrected chi connectivity index (χ0v) is 20.6. The van der Waals surface area contributed by atoms with Crippen LogP contribution in [0.2, 0.25) is 0 Å². The van der Waals surface area contributed by atoms with E-state index in [-0.39, 0.29) is 5.70 Å². The van der Waals surface area contributed by atoms with E-state index in [1.807, 2.05) is 18.2 Å². The van der Waals surface area contributed by atoms with E-state index in [0.29, 0.717) is 5.92 Å². The van der Waals surface area contributed by atoms with Crippen molar-refractivity contribution in [2.24, 2.45) is 5.92 Å². The van der Waals surface area contributed by atoms with E-state index in [1.165, 1.54) is 101 Å². The molecule has 33 heavy (non-hydrogen) atoms. The lowest BCUT2D eigenvalue weighted by Gasteiger charge is -2.48. The molecule has 0 N–H and O–H groups in total. The van der Waals surface area contributed by atoms with E-state index >= 15 is 0 Å². The van der Waals surface area contributed by atoms with Crippen molar-refractivity contribution in [3.63, 3.8) is 0 Å². The Labute approximate surface area is 201 Å². The zero-order chi connectivity index (χ0) is 23.0. The second-order valence-electron chi connectivity index (χ2n) is 10.9. The largest absolute Gasteiger partial charge is 0.294 e. The van der Waals surface area contributed by atoms with Gasteiger partial charge in [-0.25, -0.2) is 10.1 Å². The molecule has 4 aliphatic carbocycles. The van der Waals surface area contributed by atoms with Gasteiger partial charge in [0.05, 0.1) is 12.6 Å². The first-order valence-corrected chi connectivity index (χ1v) is 13.5. The summed E-state index contributed by atoms with van der Waals surface area (Å²) in [6.45, 7) is 9.35. The summed E-state index contributed by atoms with van der Waals surface area (Å²) in [5, 5.41) is 9.24. The highest BCUT2D eigenvalue weighted by atomic mass is 15.2. The summed E-state index contributed by atoms with van der Waals surface area (Å²) in [4.78, 5) is 6.46. The normalized spacial score (nSPS) is 29.3. The predicted octanol–water partition coefficient (Wildman–Crippen LogP) is 8.04. The Morgan fingerprint density at radius 1 is 0.909 bits per heavy atom. The SMILES string of the molecule is [C-]#[N+]/C(C#N)=C1\C=C(C)CC(/C=C/C2CCC(N(C3CCCCC3)C3CCCCC3)CC2)=C1. The van der Waals surface area contributed by atoms with E-state index in [4.69, 9.17) is 6.57 Å². The van der Waals surface area contributed by atoms with Crippen molar-refractivity contribution in [1.82, 2.24) is 4.90 Å². The number of nitrogens with zero attached hydrogens (tertiary/aromatic N) is 3. The summed E-state index contributed by atoms with van der Waals surface area (Å²) < 4.78 is 0. The summed E-state index contributed by atoms with van der Waals surface area (Å²) >= 11 is 0. The highest BCUT2D eigenvalue weighted by Crippen LogP contribution is 2.38. The summed E-state index contributed by atoms with van der Waals surface area (Å²) in [6, 6.07) is 4.54. The Hall–Kier alpha value is -2.10. The topological polar surface area (TPSA) is 31.4 Å². The van der Waals surface area contributed by atoms with Crippen molar-refractivity contribution in [2.45, 2.75) is 121 Å². The molecule has 0 bridgehead atoms. The van der Waals surface area contributed by atoms with Crippen LogP contribution in [0.3, 0.4) is 0 Å². The zero-order valence-electron chi connectivity index (χ0n) is 20.6. The first-order chi connectivity index (χ1) is 16.2. The van der Waals surface area contributed by atoms with Gasteiger partial charge in [0, 0.05) is 18.1 Å². The third-order valence-electron chi connectivity index (χ3n) is 8.46. The standard InChI is InChI=1S/C30H41N3/c1-23-19-25(21-26(20-23)30(22-31)32-2)14-13-24-15-17-29(18-16-24)33(27-9-5-3-6-10-27)28-11-7-4-8-12-28/h13-14,20-21,24,27-29H,3-12,15-19H2,1H3/b14-13+,30-26+. The fourth-order valence-electron chi connectivity index (χ4n) is 6.83. The van der Waals surface area contributed by atoms with Crippen molar-refractivity contribution >= 4 is 0 Å². The lowest BCUT2D eigenvalue weighted by atomic mass is 9.80. The second-order valence-corrected chi connectivity index (χ2v) is 10.9. The van der Waals surface area contributed by atoms with Gasteiger partial charge >= 0.3 is 0 Å². The first-order valence-electron chi connectivity index (χ1n) is 13.5. The number of rotatable bonds is 5. The van der Waals surface area contributed by atoms with E-state index in [2.05, 4.69) is 28.8 Å². The van der Waals surface area contributed by atoms with Crippen LogP contribution in [0, 0.1) is 23.8 Å². The van der Waals surface area contributed by atoms with Gasteiger partial charge in [-0.05, 0) is 81.8 Å². The van der Waals surface area contributed by atoms with Gasteiger partial charge < -0.3 is 0 Å². The summed E-state index contributed by atoms with van der Waals surface area (Å²) in [5.41, 5.74) is 3.43. The maximum Gasteiger partial charge on any atom is 0.268 e. The number of nitriles is 1. The molecule has 0 aliphatic heterocycles.